The average molecular weight is 497 g/mol. The molecule has 0 saturated heterocycles. The van der Waals surface area contributed by atoms with Crippen molar-refractivity contribution in [3.05, 3.63) is 71.0 Å². The van der Waals surface area contributed by atoms with Gasteiger partial charge in [0.1, 0.15) is 5.82 Å². The Morgan fingerprint density at radius 3 is 2.54 bits per heavy atom. The molecule has 1 fully saturated rings. The Kier molecular flexibility index (Phi) is 8.69. The van der Waals surface area contributed by atoms with Crippen LogP contribution >= 0.6 is 24.0 Å². The third-order valence-electron chi connectivity index (χ3n) is 4.95. The maximum atomic E-state index is 13.6. The van der Waals surface area contributed by atoms with E-state index in [0.29, 0.717) is 13.2 Å². The fourth-order valence-electron chi connectivity index (χ4n) is 3.29. The minimum absolute atomic E-state index is 0. The highest BCUT2D eigenvalue weighted by molar-refractivity contribution is 14.0. The van der Waals surface area contributed by atoms with E-state index in [2.05, 4.69) is 35.8 Å². The summed E-state index contributed by atoms with van der Waals surface area (Å²) in [5.74, 6) is 0.618. The summed E-state index contributed by atoms with van der Waals surface area (Å²) < 4.78 is 18.8. The fourth-order valence-corrected chi connectivity index (χ4v) is 3.29. The molecule has 0 bridgehead atoms. The third-order valence-corrected chi connectivity index (χ3v) is 4.95. The van der Waals surface area contributed by atoms with Crippen LogP contribution in [0.5, 0.6) is 0 Å². The zero-order chi connectivity index (χ0) is 19.1. The molecule has 0 spiro atoms. The number of halogens is 2. The summed E-state index contributed by atoms with van der Waals surface area (Å²) >= 11 is 0. The lowest BCUT2D eigenvalue weighted by atomic mass is 9.96. The summed E-state index contributed by atoms with van der Waals surface area (Å²) in [6, 6.07) is 15.2. The SMILES string of the molecule is CCNC(=NCc1cccc(COC)c1)NCC1(c2cccc(F)c2)CC1.I. The van der Waals surface area contributed by atoms with E-state index in [1.807, 2.05) is 12.1 Å². The van der Waals surface area contributed by atoms with E-state index in [1.165, 1.54) is 6.07 Å². The zero-order valence-corrected chi connectivity index (χ0v) is 18.8. The second kappa shape index (κ2) is 10.8. The Balaban J connectivity index is 0.00000280. The van der Waals surface area contributed by atoms with Crippen molar-refractivity contribution in [2.75, 3.05) is 20.2 Å². The van der Waals surface area contributed by atoms with Crippen molar-refractivity contribution in [2.45, 2.75) is 38.3 Å². The number of benzene rings is 2. The van der Waals surface area contributed by atoms with Gasteiger partial charge >= 0.3 is 0 Å². The number of nitrogens with one attached hydrogen (secondary N) is 2. The monoisotopic (exact) mass is 497 g/mol. The normalized spacial score (nSPS) is 14.9. The van der Waals surface area contributed by atoms with Gasteiger partial charge in [0.2, 0.25) is 0 Å². The molecular weight excluding hydrogens is 468 g/mol. The first-order chi connectivity index (χ1) is 13.1. The first-order valence-electron chi connectivity index (χ1n) is 9.50. The number of methoxy groups -OCH3 is 1. The van der Waals surface area contributed by atoms with Crippen molar-refractivity contribution in [1.29, 1.82) is 0 Å². The van der Waals surface area contributed by atoms with Crippen molar-refractivity contribution in [2.24, 2.45) is 4.99 Å². The Morgan fingerprint density at radius 1 is 1.11 bits per heavy atom. The first-order valence-corrected chi connectivity index (χ1v) is 9.50. The molecular formula is C22H29FIN3O. The summed E-state index contributed by atoms with van der Waals surface area (Å²) in [5, 5.41) is 6.74. The predicted molar refractivity (Wildman–Crippen MR) is 123 cm³/mol. The second-order valence-electron chi connectivity index (χ2n) is 7.09. The van der Waals surface area contributed by atoms with Crippen molar-refractivity contribution in [3.8, 4) is 0 Å². The Hall–Kier alpha value is -1.67. The molecule has 4 nitrogen and oxygen atoms in total. The smallest absolute Gasteiger partial charge is 0.191 e. The average Bonchev–Trinajstić information content (AvgIpc) is 3.46. The van der Waals surface area contributed by atoms with E-state index >= 15 is 0 Å². The molecule has 0 radical (unpaired) electrons. The van der Waals surface area contributed by atoms with Gasteiger partial charge in [-0.3, -0.25) is 0 Å². The van der Waals surface area contributed by atoms with Gasteiger partial charge in [0.25, 0.3) is 0 Å². The number of aliphatic imine (C=N–C) groups is 1. The lowest BCUT2D eigenvalue weighted by Crippen LogP contribution is -2.41. The minimum atomic E-state index is -0.171. The van der Waals surface area contributed by atoms with Crippen molar-refractivity contribution >= 4 is 29.9 Å². The van der Waals surface area contributed by atoms with E-state index in [1.54, 1.807) is 19.2 Å². The number of hydrogen-bond donors (Lipinski definition) is 2. The highest BCUT2D eigenvalue weighted by Crippen LogP contribution is 2.47. The van der Waals surface area contributed by atoms with Crippen molar-refractivity contribution in [1.82, 2.24) is 10.6 Å². The number of rotatable bonds is 8. The van der Waals surface area contributed by atoms with E-state index in [4.69, 9.17) is 9.73 Å². The van der Waals surface area contributed by atoms with Crippen molar-refractivity contribution in [3.63, 3.8) is 0 Å². The molecule has 0 aliphatic heterocycles. The lowest BCUT2D eigenvalue weighted by Gasteiger charge is -2.19. The Bertz CT molecular complexity index is 793. The van der Waals surface area contributed by atoms with Crippen LogP contribution in [0.2, 0.25) is 0 Å². The summed E-state index contributed by atoms with van der Waals surface area (Å²) in [4.78, 5) is 4.71. The van der Waals surface area contributed by atoms with Gasteiger partial charge in [0.15, 0.2) is 5.96 Å². The molecule has 3 rings (SSSR count). The molecule has 0 heterocycles. The van der Waals surface area contributed by atoms with Gasteiger partial charge in [0.05, 0.1) is 13.2 Å². The fraction of sp³-hybridized carbons (Fsp3) is 0.409. The van der Waals surface area contributed by atoms with E-state index in [9.17, 15) is 4.39 Å². The van der Waals surface area contributed by atoms with Crippen LogP contribution in [0.25, 0.3) is 0 Å². The molecule has 2 aromatic carbocycles. The molecule has 2 N–H and O–H groups in total. The number of hydrogen-bond acceptors (Lipinski definition) is 2. The quantitative estimate of drug-likeness (QED) is 0.324. The molecule has 152 valence electrons. The number of guanidine groups is 1. The molecule has 1 saturated carbocycles. The zero-order valence-electron chi connectivity index (χ0n) is 16.5. The lowest BCUT2D eigenvalue weighted by molar-refractivity contribution is 0.185. The molecule has 0 aromatic heterocycles. The van der Waals surface area contributed by atoms with Gasteiger partial charge in [-0.1, -0.05) is 36.4 Å². The maximum absolute atomic E-state index is 13.6. The largest absolute Gasteiger partial charge is 0.380 e. The molecule has 2 aromatic rings. The molecule has 0 amide bonds. The number of nitrogens with zero attached hydrogens (tertiary/aromatic N) is 1. The van der Waals surface area contributed by atoms with E-state index < -0.39 is 0 Å². The standard InChI is InChI=1S/C22H28FN3O.HI/c1-3-24-21(25-14-17-6-4-7-18(12-17)15-27-2)26-16-22(10-11-22)19-8-5-9-20(23)13-19;/h4-9,12-13H,3,10-11,14-16H2,1-2H3,(H2,24,25,26);1H. The second-order valence-corrected chi connectivity index (χ2v) is 7.09. The molecule has 6 heteroatoms. The van der Waals surface area contributed by atoms with Gasteiger partial charge in [-0.05, 0) is 48.6 Å². The molecule has 1 aliphatic rings. The molecule has 1 aliphatic carbocycles. The summed E-state index contributed by atoms with van der Waals surface area (Å²) in [6.45, 7) is 4.80. The van der Waals surface area contributed by atoms with Crippen LogP contribution in [0.1, 0.15) is 36.5 Å². The maximum Gasteiger partial charge on any atom is 0.191 e. The topological polar surface area (TPSA) is 45.7 Å². The van der Waals surface area contributed by atoms with Gasteiger partial charge < -0.3 is 15.4 Å². The van der Waals surface area contributed by atoms with Gasteiger partial charge in [0, 0.05) is 25.6 Å². The van der Waals surface area contributed by atoms with Gasteiger partial charge in [-0.15, -0.1) is 24.0 Å². The highest BCUT2D eigenvalue weighted by Gasteiger charge is 2.44. The van der Waals surface area contributed by atoms with E-state index in [0.717, 1.165) is 48.6 Å². The van der Waals surface area contributed by atoms with Crippen molar-refractivity contribution < 1.29 is 9.13 Å². The highest BCUT2D eigenvalue weighted by atomic mass is 127. The summed E-state index contributed by atoms with van der Waals surface area (Å²) in [7, 11) is 1.70. The third kappa shape index (κ3) is 6.17. The summed E-state index contributed by atoms with van der Waals surface area (Å²) in [5.41, 5.74) is 3.38. The minimum Gasteiger partial charge on any atom is -0.380 e. The molecule has 0 unspecified atom stereocenters. The molecule has 28 heavy (non-hydrogen) atoms. The number of ether oxygens (including phenoxy) is 1. The first kappa shape index (κ1) is 22.6. The van der Waals surface area contributed by atoms with Crippen LogP contribution in [-0.4, -0.2) is 26.2 Å². The van der Waals surface area contributed by atoms with E-state index in [-0.39, 0.29) is 35.2 Å². The van der Waals surface area contributed by atoms with Crippen LogP contribution in [0.4, 0.5) is 4.39 Å². The van der Waals surface area contributed by atoms with Gasteiger partial charge in [-0.2, -0.15) is 0 Å². The summed E-state index contributed by atoms with van der Waals surface area (Å²) in [6.07, 6.45) is 2.14. The van der Waals surface area contributed by atoms with Crippen LogP contribution < -0.4 is 10.6 Å². The van der Waals surface area contributed by atoms with Crippen LogP contribution in [0, 0.1) is 5.82 Å². The van der Waals surface area contributed by atoms with Gasteiger partial charge in [-0.25, -0.2) is 9.38 Å². The van der Waals surface area contributed by atoms with Crippen LogP contribution in [-0.2, 0) is 23.3 Å². The Morgan fingerprint density at radius 2 is 1.86 bits per heavy atom. The predicted octanol–water partition coefficient (Wildman–Crippen LogP) is 4.38. The van der Waals surface area contributed by atoms with Crippen LogP contribution in [0.15, 0.2) is 53.5 Å². The Labute approximate surface area is 184 Å². The molecule has 0 atom stereocenters. The van der Waals surface area contributed by atoms with Crippen LogP contribution in [0.3, 0.4) is 0 Å².